The number of hydrogen-bond donors (Lipinski definition) is 5. The summed E-state index contributed by atoms with van der Waals surface area (Å²) in [6, 6.07) is 6.20. The molecule has 0 saturated carbocycles. The van der Waals surface area contributed by atoms with Crippen LogP contribution < -0.4 is 11.3 Å². The first-order valence-electron chi connectivity index (χ1n) is 5.19. The Labute approximate surface area is 101 Å². The van der Waals surface area contributed by atoms with Crippen LogP contribution in [0.4, 0.5) is 5.69 Å². The highest BCUT2D eigenvalue weighted by Crippen LogP contribution is 2.25. The molecular formula is C10H19N2O4P. The molecule has 0 saturated heterocycles. The minimum atomic E-state index is -4.64. The maximum absolute atomic E-state index is 8.88. The molecule has 1 rings (SSSR count). The van der Waals surface area contributed by atoms with Gasteiger partial charge in [-0.05, 0) is 30.0 Å². The number of nitrogens with one attached hydrogen (secondary N) is 1. The fourth-order valence-corrected chi connectivity index (χ4v) is 1.52. The fraction of sp³-hybridized carbons (Fsp3) is 0.400. The molecule has 0 amide bonds. The van der Waals surface area contributed by atoms with Crippen molar-refractivity contribution in [2.24, 2.45) is 5.84 Å². The van der Waals surface area contributed by atoms with E-state index in [2.05, 4.69) is 25.3 Å². The second-order valence-electron chi connectivity index (χ2n) is 3.31. The number of nitrogen functional groups attached to an aromatic ring is 1. The van der Waals surface area contributed by atoms with Gasteiger partial charge in [-0.15, -0.1) is 0 Å². The number of rotatable bonds is 3. The third-order valence-electron chi connectivity index (χ3n) is 2.16. The summed E-state index contributed by atoms with van der Waals surface area (Å²) in [4.78, 5) is 21.6. The smallest absolute Gasteiger partial charge is 0.324 e. The summed E-state index contributed by atoms with van der Waals surface area (Å²) in [6.07, 6.45) is 2.10. The Balaban J connectivity index is 0.000000437. The van der Waals surface area contributed by atoms with E-state index in [9.17, 15) is 0 Å². The molecule has 6 nitrogen and oxygen atoms in total. The van der Waals surface area contributed by atoms with E-state index in [4.69, 9.17) is 25.1 Å². The highest BCUT2D eigenvalue weighted by molar-refractivity contribution is 7.45. The van der Waals surface area contributed by atoms with Crippen molar-refractivity contribution in [2.45, 2.75) is 26.7 Å². The summed E-state index contributed by atoms with van der Waals surface area (Å²) in [5.74, 6) is 5.40. The zero-order valence-corrected chi connectivity index (χ0v) is 10.8. The van der Waals surface area contributed by atoms with E-state index < -0.39 is 7.82 Å². The molecule has 0 heterocycles. The lowest BCUT2D eigenvalue weighted by Gasteiger charge is -2.10. The lowest BCUT2D eigenvalue weighted by Crippen LogP contribution is -2.10. The van der Waals surface area contributed by atoms with E-state index in [1.54, 1.807) is 0 Å². The monoisotopic (exact) mass is 262 g/mol. The van der Waals surface area contributed by atoms with Gasteiger partial charge in [0.25, 0.3) is 0 Å². The van der Waals surface area contributed by atoms with Crippen LogP contribution in [0.15, 0.2) is 18.2 Å². The first kappa shape index (κ1) is 16.1. The summed E-state index contributed by atoms with van der Waals surface area (Å²) < 4.78 is 8.88. The number of anilines is 1. The summed E-state index contributed by atoms with van der Waals surface area (Å²) in [6.45, 7) is 4.31. The van der Waals surface area contributed by atoms with E-state index in [0.717, 1.165) is 18.5 Å². The number of nitrogens with two attached hydrogens (primary N) is 1. The summed E-state index contributed by atoms with van der Waals surface area (Å²) in [7, 11) is -4.64. The molecule has 0 atom stereocenters. The molecule has 0 aliphatic rings. The molecular weight excluding hydrogens is 243 g/mol. The van der Waals surface area contributed by atoms with Gasteiger partial charge in [-0.2, -0.15) is 0 Å². The molecule has 1 aromatic carbocycles. The lowest BCUT2D eigenvalue weighted by atomic mass is 10.0. The van der Waals surface area contributed by atoms with E-state index in [-0.39, 0.29) is 0 Å². The molecule has 0 spiro atoms. The molecule has 0 aliphatic heterocycles. The zero-order chi connectivity index (χ0) is 13.5. The maximum Gasteiger partial charge on any atom is 0.466 e. The first-order valence-corrected chi connectivity index (χ1v) is 6.75. The largest absolute Gasteiger partial charge is 0.466 e. The minimum absolute atomic E-state index is 1.03. The highest BCUT2D eigenvalue weighted by atomic mass is 31.2. The minimum Gasteiger partial charge on any atom is -0.324 e. The molecule has 0 aliphatic carbocycles. The molecule has 0 bridgehead atoms. The SMILES string of the molecule is CCc1cccc(NN)c1CC.O=P(O)(O)O. The molecule has 0 unspecified atom stereocenters. The Kier molecular flexibility index (Phi) is 7.03. The van der Waals surface area contributed by atoms with Gasteiger partial charge in [0.05, 0.1) is 5.69 Å². The van der Waals surface area contributed by atoms with Gasteiger partial charge in [-0.3, -0.25) is 5.84 Å². The topological polar surface area (TPSA) is 116 Å². The van der Waals surface area contributed by atoms with E-state index in [1.807, 2.05) is 12.1 Å². The van der Waals surface area contributed by atoms with E-state index >= 15 is 0 Å². The molecule has 7 heteroatoms. The van der Waals surface area contributed by atoms with E-state index in [0.29, 0.717) is 0 Å². The number of phosphoric acid groups is 1. The maximum atomic E-state index is 8.88. The van der Waals surface area contributed by atoms with Gasteiger partial charge in [0.15, 0.2) is 0 Å². The Morgan fingerprint density at radius 2 is 1.76 bits per heavy atom. The molecule has 0 fully saturated rings. The van der Waals surface area contributed by atoms with Crippen molar-refractivity contribution in [3.8, 4) is 0 Å². The van der Waals surface area contributed by atoms with Gasteiger partial charge < -0.3 is 20.1 Å². The van der Waals surface area contributed by atoms with Gasteiger partial charge >= 0.3 is 7.82 Å². The Morgan fingerprint density at radius 1 is 1.24 bits per heavy atom. The van der Waals surface area contributed by atoms with Crippen molar-refractivity contribution >= 4 is 13.5 Å². The molecule has 6 N–H and O–H groups in total. The van der Waals surface area contributed by atoms with Gasteiger partial charge in [0, 0.05) is 0 Å². The van der Waals surface area contributed by atoms with Crippen LogP contribution in [0, 0.1) is 0 Å². The standard InChI is InChI=1S/C10H16N2.H3O4P/c1-3-8-6-5-7-10(12-11)9(8)4-2;1-5(2,3)4/h5-7,12H,3-4,11H2,1-2H3;(H3,1,2,3,4). The van der Waals surface area contributed by atoms with Gasteiger partial charge in [0.2, 0.25) is 0 Å². The van der Waals surface area contributed by atoms with Crippen LogP contribution in [0.2, 0.25) is 0 Å². The van der Waals surface area contributed by atoms with Crippen LogP contribution in [0.1, 0.15) is 25.0 Å². The van der Waals surface area contributed by atoms with Crippen molar-refractivity contribution in [3.63, 3.8) is 0 Å². The quantitative estimate of drug-likeness (QED) is 0.317. The molecule has 1 aromatic rings. The molecule has 17 heavy (non-hydrogen) atoms. The number of benzene rings is 1. The zero-order valence-electron chi connectivity index (χ0n) is 9.92. The lowest BCUT2D eigenvalue weighted by molar-refractivity contribution is 0.275. The normalized spacial score (nSPS) is 10.5. The van der Waals surface area contributed by atoms with Gasteiger partial charge in [-0.1, -0.05) is 26.0 Å². The second kappa shape index (κ2) is 7.42. The van der Waals surface area contributed by atoms with Crippen LogP contribution in [-0.4, -0.2) is 14.7 Å². The van der Waals surface area contributed by atoms with Crippen molar-refractivity contribution in [1.82, 2.24) is 0 Å². The predicted molar refractivity (Wildman–Crippen MR) is 67.3 cm³/mol. The summed E-state index contributed by atoms with van der Waals surface area (Å²) in [5.41, 5.74) is 6.49. The van der Waals surface area contributed by atoms with Crippen molar-refractivity contribution < 1.29 is 19.2 Å². The summed E-state index contributed by atoms with van der Waals surface area (Å²) in [5, 5.41) is 0. The van der Waals surface area contributed by atoms with Gasteiger partial charge in [0.1, 0.15) is 0 Å². The fourth-order valence-electron chi connectivity index (χ4n) is 1.52. The average Bonchev–Trinajstić information content (AvgIpc) is 2.25. The third-order valence-corrected chi connectivity index (χ3v) is 2.16. The van der Waals surface area contributed by atoms with Crippen LogP contribution in [-0.2, 0) is 17.4 Å². The predicted octanol–water partition coefficient (Wildman–Crippen LogP) is 1.17. The van der Waals surface area contributed by atoms with Crippen LogP contribution in [0.25, 0.3) is 0 Å². The number of hydrazine groups is 1. The Bertz CT molecular complexity index is 361. The van der Waals surface area contributed by atoms with Crippen LogP contribution in [0.5, 0.6) is 0 Å². The third kappa shape index (κ3) is 7.10. The van der Waals surface area contributed by atoms with Crippen LogP contribution >= 0.6 is 7.82 Å². The first-order chi connectivity index (χ1) is 7.83. The van der Waals surface area contributed by atoms with Crippen molar-refractivity contribution in [2.75, 3.05) is 5.43 Å². The highest BCUT2D eigenvalue weighted by Gasteiger charge is 2.02. The summed E-state index contributed by atoms with van der Waals surface area (Å²) >= 11 is 0. The van der Waals surface area contributed by atoms with Crippen molar-refractivity contribution in [1.29, 1.82) is 0 Å². The molecule has 0 radical (unpaired) electrons. The average molecular weight is 262 g/mol. The second-order valence-corrected chi connectivity index (χ2v) is 4.33. The van der Waals surface area contributed by atoms with E-state index in [1.165, 1.54) is 11.1 Å². The van der Waals surface area contributed by atoms with Crippen molar-refractivity contribution in [3.05, 3.63) is 29.3 Å². The Hall–Kier alpha value is -0.910. The molecule has 98 valence electrons. The Morgan fingerprint density at radius 3 is 2.12 bits per heavy atom. The van der Waals surface area contributed by atoms with Gasteiger partial charge in [-0.25, -0.2) is 4.57 Å². The van der Waals surface area contributed by atoms with Crippen LogP contribution in [0.3, 0.4) is 0 Å². The number of hydrogen-bond acceptors (Lipinski definition) is 3. The molecule has 0 aromatic heterocycles. The number of aryl methyl sites for hydroxylation is 1.